The lowest BCUT2D eigenvalue weighted by atomic mass is 10.2. The standard InChI is InChI=1S/C18H14ClN3O3/c19-13-3-6-15-16(7-8-20-17(15)9-13)22-21-10-12-1-4-14(5-2-12)25-11-18(23)24/h1-10H,11H2,(H,20,22)(H,23,24)/b21-10-. The summed E-state index contributed by atoms with van der Waals surface area (Å²) in [6.07, 6.45) is 3.34. The SMILES string of the molecule is O=C(O)COc1ccc(/C=N\Nc2ccnc3cc(Cl)ccc23)cc1. The van der Waals surface area contributed by atoms with Crippen LogP contribution in [0.25, 0.3) is 10.9 Å². The van der Waals surface area contributed by atoms with E-state index in [-0.39, 0.29) is 6.61 Å². The van der Waals surface area contributed by atoms with Crippen LogP contribution in [0.3, 0.4) is 0 Å². The molecule has 7 heteroatoms. The summed E-state index contributed by atoms with van der Waals surface area (Å²) >= 11 is 5.98. The Morgan fingerprint density at radius 1 is 1.24 bits per heavy atom. The molecule has 0 aliphatic carbocycles. The first-order valence-electron chi connectivity index (χ1n) is 7.40. The van der Waals surface area contributed by atoms with Crippen LogP contribution < -0.4 is 10.2 Å². The lowest BCUT2D eigenvalue weighted by molar-refractivity contribution is -0.139. The van der Waals surface area contributed by atoms with Gasteiger partial charge in [0.2, 0.25) is 0 Å². The van der Waals surface area contributed by atoms with Crippen molar-refractivity contribution < 1.29 is 14.6 Å². The number of rotatable bonds is 6. The Bertz CT molecular complexity index is 927. The van der Waals surface area contributed by atoms with E-state index in [4.69, 9.17) is 21.4 Å². The van der Waals surface area contributed by atoms with Crippen LogP contribution in [-0.2, 0) is 4.79 Å². The second kappa shape index (κ2) is 7.63. The number of ether oxygens (including phenoxy) is 1. The molecule has 3 aromatic rings. The van der Waals surface area contributed by atoms with Gasteiger partial charge in [0.05, 0.1) is 17.4 Å². The molecule has 0 saturated carbocycles. The van der Waals surface area contributed by atoms with E-state index in [2.05, 4.69) is 15.5 Å². The van der Waals surface area contributed by atoms with Gasteiger partial charge in [0.1, 0.15) is 5.75 Å². The number of benzene rings is 2. The lowest BCUT2D eigenvalue weighted by Crippen LogP contribution is -2.09. The summed E-state index contributed by atoms with van der Waals surface area (Å²) in [6, 6.07) is 14.3. The van der Waals surface area contributed by atoms with Crippen molar-refractivity contribution in [1.82, 2.24) is 4.98 Å². The van der Waals surface area contributed by atoms with Crippen LogP contribution in [0, 0.1) is 0 Å². The number of hydrazone groups is 1. The highest BCUT2D eigenvalue weighted by Gasteiger charge is 2.02. The summed E-state index contributed by atoms with van der Waals surface area (Å²) < 4.78 is 5.08. The first kappa shape index (κ1) is 16.7. The van der Waals surface area contributed by atoms with Crippen molar-refractivity contribution in [2.75, 3.05) is 12.0 Å². The van der Waals surface area contributed by atoms with Crippen LogP contribution in [0.4, 0.5) is 5.69 Å². The molecular formula is C18H14ClN3O3. The fourth-order valence-electron chi connectivity index (χ4n) is 2.19. The molecule has 6 nitrogen and oxygen atoms in total. The van der Waals surface area contributed by atoms with Gasteiger partial charge in [-0.1, -0.05) is 11.6 Å². The molecule has 0 radical (unpaired) electrons. The number of pyridine rings is 1. The van der Waals surface area contributed by atoms with Crippen molar-refractivity contribution in [3.05, 3.63) is 65.3 Å². The smallest absolute Gasteiger partial charge is 0.341 e. The highest BCUT2D eigenvalue weighted by atomic mass is 35.5. The van der Waals surface area contributed by atoms with E-state index in [0.717, 1.165) is 22.2 Å². The molecule has 2 N–H and O–H groups in total. The van der Waals surface area contributed by atoms with Gasteiger partial charge in [-0.15, -0.1) is 0 Å². The normalized spacial score (nSPS) is 10.9. The third-order valence-corrected chi connectivity index (χ3v) is 3.58. The summed E-state index contributed by atoms with van der Waals surface area (Å²) in [7, 11) is 0. The minimum Gasteiger partial charge on any atom is -0.482 e. The molecule has 0 amide bonds. The molecule has 0 aliphatic heterocycles. The molecule has 0 atom stereocenters. The third-order valence-electron chi connectivity index (χ3n) is 3.35. The fourth-order valence-corrected chi connectivity index (χ4v) is 2.36. The molecule has 0 fully saturated rings. The van der Waals surface area contributed by atoms with E-state index in [1.54, 1.807) is 48.8 Å². The fraction of sp³-hybridized carbons (Fsp3) is 0.0556. The monoisotopic (exact) mass is 355 g/mol. The van der Waals surface area contributed by atoms with Crippen molar-refractivity contribution in [1.29, 1.82) is 0 Å². The Kier molecular flexibility index (Phi) is 5.11. The average Bonchev–Trinajstić information content (AvgIpc) is 2.61. The Labute approximate surface area is 148 Å². The zero-order chi connectivity index (χ0) is 17.6. The third kappa shape index (κ3) is 4.45. The summed E-state index contributed by atoms with van der Waals surface area (Å²) in [4.78, 5) is 14.7. The Morgan fingerprint density at radius 2 is 2.04 bits per heavy atom. The number of aliphatic carboxylic acids is 1. The zero-order valence-corrected chi connectivity index (χ0v) is 13.8. The maximum atomic E-state index is 10.5. The van der Waals surface area contributed by atoms with Gasteiger partial charge in [-0.3, -0.25) is 10.4 Å². The first-order chi connectivity index (χ1) is 12.1. The number of carboxylic acid groups (broad SMARTS) is 1. The highest BCUT2D eigenvalue weighted by molar-refractivity contribution is 6.31. The molecule has 0 spiro atoms. The van der Waals surface area contributed by atoms with Crippen LogP contribution in [0.5, 0.6) is 5.75 Å². The minimum atomic E-state index is -1.01. The molecule has 0 unspecified atom stereocenters. The number of anilines is 1. The van der Waals surface area contributed by atoms with E-state index < -0.39 is 5.97 Å². The second-order valence-corrected chi connectivity index (χ2v) is 5.58. The molecule has 0 bridgehead atoms. The summed E-state index contributed by atoms with van der Waals surface area (Å²) in [5, 5.41) is 14.3. The number of hydrogen-bond acceptors (Lipinski definition) is 5. The van der Waals surface area contributed by atoms with Gasteiger partial charge in [0.25, 0.3) is 0 Å². The number of halogens is 1. The predicted molar refractivity (Wildman–Crippen MR) is 97.5 cm³/mol. The van der Waals surface area contributed by atoms with Crippen LogP contribution in [-0.4, -0.2) is 28.9 Å². The Hall–Kier alpha value is -3.12. The van der Waals surface area contributed by atoms with Crippen LogP contribution in [0.15, 0.2) is 59.8 Å². The van der Waals surface area contributed by atoms with Gasteiger partial charge in [-0.05, 0) is 54.1 Å². The number of carboxylic acids is 1. The Morgan fingerprint density at radius 3 is 2.80 bits per heavy atom. The number of hydrogen-bond donors (Lipinski definition) is 2. The van der Waals surface area contributed by atoms with E-state index in [1.165, 1.54) is 0 Å². The number of fused-ring (bicyclic) bond motifs is 1. The second-order valence-electron chi connectivity index (χ2n) is 5.14. The molecule has 3 rings (SSSR count). The molecule has 1 aromatic heterocycles. The lowest BCUT2D eigenvalue weighted by Gasteiger charge is -2.05. The van der Waals surface area contributed by atoms with Crippen molar-refractivity contribution >= 4 is 40.4 Å². The molecule has 1 heterocycles. The predicted octanol–water partition coefficient (Wildman–Crippen LogP) is 3.80. The van der Waals surface area contributed by atoms with Gasteiger partial charge in [0, 0.05) is 16.6 Å². The summed E-state index contributed by atoms with van der Waals surface area (Å²) in [5.74, 6) is -0.523. The number of nitrogens with zero attached hydrogens (tertiary/aromatic N) is 2. The maximum Gasteiger partial charge on any atom is 0.341 e. The largest absolute Gasteiger partial charge is 0.482 e. The highest BCUT2D eigenvalue weighted by Crippen LogP contribution is 2.24. The van der Waals surface area contributed by atoms with Gasteiger partial charge in [-0.2, -0.15) is 5.10 Å². The molecule has 25 heavy (non-hydrogen) atoms. The topological polar surface area (TPSA) is 83.8 Å². The van der Waals surface area contributed by atoms with Gasteiger partial charge < -0.3 is 9.84 Å². The van der Waals surface area contributed by atoms with E-state index in [1.807, 2.05) is 12.1 Å². The molecule has 2 aromatic carbocycles. The molecular weight excluding hydrogens is 342 g/mol. The maximum absolute atomic E-state index is 10.5. The molecule has 0 saturated heterocycles. The van der Waals surface area contributed by atoms with Gasteiger partial charge >= 0.3 is 5.97 Å². The summed E-state index contributed by atoms with van der Waals surface area (Å²) in [5.41, 5.74) is 5.44. The molecule has 0 aliphatic rings. The quantitative estimate of drug-likeness (QED) is 0.519. The van der Waals surface area contributed by atoms with Crippen LogP contribution in [0.2, 0.25) is 5.02 Å². The van der Waals surface area contributed by atoms with E-state index >= 15 is 0 Å². The van der Waals surface area contributed by atoms with E-state index in [0.29, 0.717) is 10.8 Å². The van der Waals surface area contributed by atoms with Crippen molar-refractivity contribution in [2.24, 2.45) is 5.10 Å². The first-order valence-corrected chi connectivity index (χ1v) is 7.77. The van der Waals surface area contributed by atoms with Gasteiger partial charge in [-0.25, -0.2) is 4.79 Å². The summed E-state index contributed by atoms with van der Waals surface area (Å²) in [6.45, 7) is -0.367. The minimum absolute atomic E-state index is 0.367. The zero-order valence-electron chi connectivity index (χ0n) is 13.0. The van der Waals surface area contributed by atoms with Crippen molar-refractivity contribution in [3.8, 4) is 5.75 Å². The van der Waals surface area contributed by atoms with Crippen LogP contribution in [0.1, 0.15) is 5.56 Å². The number of carbonyl (C=O) groups is 1. The number of nitrogens with one attached hydrogen (secondary N) is 1. The average molecular weight is 356 g/mol. The van der Waals surface area contributed by atoms with Crippen LogP contribution >= 0.6 is 11.6 Å². The number of aromatic nitrogens is 1. The van der Waals surface area contributed by atoms with Crippen molar-refractivity contribution in [3.63, 3.8) is 0 Å². The Balaban J connectivity index is 1.68. The molecule has 126 valence electrons. The van der Waals surface area contributed by atoms with E-state index in [9.17, 15) is 4.79 Å². The van der Waals surface area contributed by atoms with Crippen molar-refractivity contribution in [2.45, 2.75) is 0 Å². The van der Waals surface area contributed by atoms with Gasteiger partial charge in [0.15, 0.2) is 6.61 Å².